The van der Waals surface area contributed by atoms with E-state index < -0.39 is 6.10 Å². The highest BCUT2D eigenvalue weighted by Gasteiger charge is 2.23. The van der Waals surface area contributed by atoms with Crippen LogP contribution in [0.3, 0.4) is 0 Å². The second-order valence-electron chi connectivity index (χ2n) is 1.85. The average Bonchev–Trinajstić information content (AvgIpc) is 2.37. The summed E-state index contributed by atoms with van der Waals surface area (Å²) in [7, 11) is 0. The molecule has 2 N–H and O–H groups in total. The number of hydrogen-bond acceptors (Lipinski definition) is 4. The molecule has 1 saturated heterocycles. The molecule has 1 radical (unpaired) electrons. The number of aliphatic hydroxyl groups excluding tert-OH is 2. The molecule has 1 rings (SSSR count). The van der Waals surface area contributed by atoms with Crippen LogP contribution in [0.2, 0.25) is 0 Å². The van der Waals surface area contributed by atoms with Crippen molar-refractivity contribution in [2.75, 3.05) is 12.4 Å². The van der Waals surface area contributed by atoms with Crippen molar-refractivity contribution < 1.29 is 10.2 Å². The number of rotatable bonds is 2. The highest BCUT2D eigenvalue weighted by molar-refractivity contribution is 8.22. The molecule has 0 aromatic carbocycles. The van der Waals surface area contributed by atoms with Crippen LogP contribution in [0.15, 0.2) is 0 Å². The van der Waals surface area contributed by atoms with E-state index in [1.807, 2.05) is 5.08 Å². The summed E-state index contributed by atoms with van der Waals surface area (Å²) in [6, 6.07) is 0. The molecule has 1 aliphatic heterocycles. The van der Waals surface area contributed by atoms with Crippen LogP contribution in [-0.2, 0) is 0 Å². The monoisotopic (exact) mass is 165 g/mol. The second kappa shape index (κ2) is 3.71. The van der Waals surface area contributed by atoms with E-state index in [-0.39, 0.29) is 11.9 Å². The Morgan fingerprint density at radius 1 is 1.78 bits per heavy atom. The Balaban J connectivity index is 2.24. The van der Waals surface area contributed by atoms with Crippen LogP contribution >= 0.6 is 23.5 Å². The lowest BCUT2D eigenvalue weighted by Crippen LogP contribution is -2.26. The van der Waals surface area contributed by atoms with Crippen molar-refractivity contribution in [2.45, 2.75) is 11.4 Å². The summed E-state index contributed by atoms with van der Waals surface area (Å²) in [6.07, 6.45) is -0.541. The lowest BCUT2D eigenvalue weighted by molar-refractivity contribution is 0.0977. The van der Waals surface area contributed by atoms with Gasteiger partial charge in [-0.3, -0.25) is 0 Å². The SMILES string of the molecule is OCC(O)C1CS[CH]S1. The molecular weight excluding hydrogens is 156 g/mol. The molecular formula is C5H9O2S2. The predicted octanol–water partition coefficient (Wildman–Crippen LogP) is 0.307. The fourth-order valence-electron chi connectivity index (χ4n) is 0.603. The fraction of sp³-hybridized carbons (Fsp3) is 0.800. The zero-order valence-corrected chi connectivity index (χ0v) is 6.49. The molecule has 0 bridgehead atoms. The van der Waals surface area contributed by atoms with Crippen molar-refractivity contribution in [3.05, 3.63) is 5.08 Å². The van der Waals surface area contributed by atoms with Gasteiger partial charge in [-0.1, -0.05) is 0 Å². The fourth-order valence-corrected chi connectivity index (χ4v) is 3.03. The summed E-state index contributed by atoms with van der Waals surface area (Å²) in [5, 5.41) is 19.8. The lowest BCUT2D eigenvalue weighted by Gasteiger charge is -2.11. The van der Waals surface area contributed by atoms with Gasteiger partial charge in [-0.25, -0.2) is 0 Å². The minimum Gasteiger partial charge on any atom is -0.394 e. The number of hydrogen-bond donors (Lipinski definition) is 2. The molecule has 9 heavy (non-hydrogen) atoms. The summed E-state index contributed by atoms with van der Waals surface area (Å²) in [6.45, 7) is -0.119. The van der Waals surface area contributed by atoms with E-state index in [1.54, 1.807) is 23.5 Å². The molecule has 0 aliphatic carbocycles. The first-order valence-electron chi connectivity index (χ1n) is 2.72. The molecule has 1 aliphatic rings. The maximum absolute atomic E-state index is 9.05. The normalized spacial score (nSPS) is 30.7. The summed E-state index contributed by atoms with van der Waals surface area (Å²) < 4.78 is 0. The molecule has 2 nitrogen and oxygen atoms in total. The summed E-state index contributed by atoms with van der Waals surface area (Å²) in [5.41, 5.74) is 0. The Morgan fingerprint density at radius 2 is 2.56 bits per heavy atom. The first-order chi connectivity index (χ1) is 4.34. The largest absolute Gasteiger partial charge is 0.394 e. The van der Waals surface area contributed by atoms with E-state index in [1.165, 1.54) is 0 Å². The molecule has 0 aromatic heterocycles. The third-order valence-electron chi connectivity index (χ3n) is 1.18. The van der Waals surface area contributed by atoms with Crippen molar-refractivity contribution in [3.63, 3.8) is 0 Å². The first kappa shape index (κ1) is 7.72. The maximum Gasteiger partial charge on any atom is 0.0897 e. The second-order valence-corrected chi connectivity index (χ2v) is 4.17. The molecule has 2 atom stereocenters. The standard InChI is InChI=1S/C5H9O2S2/c6-1-4(7)5-2-8-3-9-5/h3-7H,1-2H2. The van der Waals surface area contributed by atoms with E-state index in [0.717, 1.165) is 5.75 Å². The topological polar surface area (TPSA) is 40.5 Å². The van der Waals surface area contributed by atoms with E-state index >= 15 is 0 Å². The van der Waals surface area contributed by atoms with Gasteiger partial charge in [0.25, 0.3) is 0 Å². The maximum atomic E-state index is 9.05. The molecule has 2 unspecified atom stereocenters. The molecule has 0 spiro atoms. The van der Waals surface area contributed by atoms with Gasteiger partial charge >= 0.3 is 0 Å². The van der Waals surface area contributed by atoms with Gasteiger partial charge in [-0.05, 0) is 0 Å². The van der Waals surface area contributed by atoms with Gasteiger partial charge in [0.15, 0.2) is 0 Å². The third kappa shape index (κ3) is 2.04. The van der Waals surface area contributed by atoms with Crippen molar-refractivity contribution in [3.8, 4) is 0 Å². The molecule has 1 fully saturated rings. The van der Waals surface area contributed by atoms with E-state index in [0.29, 0.717) is 0 Å². The molecule has 1 heterocycles. The lowest BCUT2D eigenvalue weighted by atomic mass is 10.3. The predicted molar refractivity (Wildman–Crippen MR) is 41.2 cm³/mol. The van der Waals surface area contributed by atoms with Crippen LogP contribution in [0, 0.1) is 5.08 Å². The smallest absolute Gasteiger partial charge is 0.0897 e. The Labute approximate surface area is 63.0 Å². The van der Waals surface area contributed by atoms with Crippen LogP contribution in [0.5, 0.6) is 0 Å². The van der Waals surface area contributed by atoms with Gasteiger partial charge in [0.1, 0.15) is 0 Å². The molecule has 0 aromatic rings. The van der Waals surface area contributed by atoms with Crippen LogP contribution in [0.25, 0.3) is 0 Å². The minimum atomic E-state index is -0.541. The Bertz CT molecular complexity index is 83.0. The summed E-state index contributed by atoms with van der Waals surface area (Å²) in [4.78, 5) is 0. The highest BCUT2D eigenvalue weighted by atomic mass is 32.2. The van der Waals surface area contributed by atoms with Gasteiger partial charge in [0.05, 0.1) is 17.8 Å². The van der Waals surface area contributed by atoms with Crippen LogP contribution in [0.1, 0.15) is 0 Å². The summed E-state index contributed by atoms with van der Waals surface area (Å²) >= 11 is 3.30. The van der Waals surface area contributed by atoms with E-state index in [9.17, 15) is 0 Å². The van der Waals surface area contributed by atoms with Gasteiger partial charge in [-0.15, -0.1) is 23.5 Å². The quantitative estimate of drug-likeness (QED) is 0.618. The summed E-state index contributed by atoms with van der Waals surface area (Å²) in [5.74, 6) is 0.923. The highest BCUT2D eigenvalue weighted by Crippen LogP contribution is 2.35. The van der Waals surface area contributed by atoms with E-state index in [2.05, 4.69) is 0 Å². The Kier molecular flexibility index (Phi) is 3.18. The van der Waals surface area contributed by atoms with Gasteiger partial charge in [0, 0.05) is 11.0 Å². The zero-order chi connectivity index (χ0) is 6.69. The Hall–Kier alpha value is 0.620. The zero-order valence-electron chi connectivity index (χ0n) is 4.86. The molecule has 4 heteroatoms. The number of thioether (sulfide) groups is 2. The third-order valence-corrected chi connectivity index (χ3v) is 3.76. The minimum absolute atomic E-state index is 0.119. The first-order valence-corrected chi connectivity index (χ1v) is 4.71. The van der Waals surface area contributed by atoms with Crippen molar-refractivity contribution in [2.24, 2.45) is 0 Å². The van der Waals surface area contributed by atoms with Crippen molar-refractivity contribution in [1.29, 1.82) is 0 Å². The van der Waals surface area contributed by atoms with Crippen molar-refractivity contribution >= 4 is 23.5 Å². The van der Waals surface area contributed by atoms with Crippen LogP contribution < -0.4 is 0 Å². The van der Waals surface area contributed by atoms with Gasteiger partial charge < -0.3 is 10.2 Å². The Morgan fingerprint density at radius 3 is 3.00 bits per heavy atom. The molecule has 0 saturated carbocycles. The molecule has 0 amide bonds. The van der Waals surface area contributed by atoms with Crippen LogP contribution in [0.4, 0.5) is 0 Å². The van der Waals surface area contributed by atoms with Gasteiger partial charge in [0.2, 0.25) is 0 Å². The van der Waals surface area contributed by atoms with E-state index in [4.69, 9.17) is 10.2 Å². The number of aliphatic hydroxyl groups is 2. The molecule has 53 valence electrons. The average molecular weight is 165 g/mol. The van der Waals surface area contributed by atoms with Gasteiger partial charge in [-0.2, -0.15) is 0 Å². The van der Waals surface area contributed by atoms with Crippen LogP contribution in [-0.4, -0.2) is 33.9 Å². The van der Waals surface area contributed by atoms with Crippen molar-refractivity contribution in [1.82, 2.24) is 0 Å².